The molecule has 0 atom stereocenters. The van der Waals surface area contributed by atoms with Crippen molar-refractivity contribution in [2.24, 2.45) is 5.73 Å². The summed E-state index contributed by atoms with van der Waals surface area (Å²) in [6.07, 6.45) is 2.88. The second-order valence-corrected chi connectivity index (χ2v) is 6.40. The maximum absolute atomic E-state index is 11.9. The van der Waals surface area contributed by atoms with Gasteiger partial charge in [0.2, 0.25) is 5.91 Å². The van der Waals surface area contributed by atoms with E-state index in [-0.39, 0.29) is 0 Å². The van der Waals surface area contributed by atoms with Gasteiger partial charge in [0.05, 0.1) is 7.11 Å². The number of methoxy groups -OCH3 is 1. The van der Waals surface area contributed by atoms with Gasteiger partial charge in [-0.2, -0.15) is 0 Å². The molecule has 3 aromatic rings. The van der Waals surface area contributed by atoms with Crippen molar-refractivity contribution >= 4 is 40.3 Å². The normalized spacial score (nSPS) is 10.7. The van der Waals surface area contributed by atoms with E-state index < -0.39 is 24.4 Å². The Bertz CT molecular complexity index is 1120. The van der Waals surface area contributed by atoms with Crippen LogP contribution in [0.3, 0.4) is 0 Å². The largest absolute Gasteiger partial charge is 0.497 e. The van der Waals surface area contributed by atoms with E-state index in [1.165, 1.54) is 30.3 Å². The van der Waals surface area contributed by atoms with Gasteiger partial charge in [-0.15, -0.1) is 0 Å². The van der Waals surface area contributed by atoms with Crippen LogP contribution in [0.2, 0.25) is 0 Å². The average molecular weight is 404 g/mol. The molecule has 0 fully saturated rings. The molecule has 0 saturated heterocycles. The number of anilines is 1. The van der Waals surface area contributed by atoms with Gasteiger partial charge in [0.25, 0.3) is 5.91 Å². The van der Waals surface area contributed by atoms with Crippen molar-refractivity contribution in [3.8, 4) is 5.75 Å². The fourth-order valence-electron chi connectivity index (χ4n) is 2.74. The molecule has 3 aromatic carbocycles. The Kier molecular flexibility index (Phi) is 6.44. The second kappa shape index (κ2) is 9.38. The molecule has 0 aliphatic heterocycles. The van der Waals surface area contributed by atoms with E-state index in [1.807, 2.05) is 36.4 Å². The zero-order valence-corrected chi connectivity index (χ0v) is 16.3. The van der Waals surface area contributed by atoms with Crippen LogP contribution in [-0.4, -0.2) is 31.5 Å². The van der Waals surface area contributed by atoms with Crippen LogP contribution in [0.5, 0.6) is 5.75 Å². The number of rotatable bonds is 7. The number of benzene rings is 3. The number of ether oxygens (including phenoxy) is 2. The zero-order chi connectivity index (χ0) is 21.5. The standard InChI is InChI=1S/C23H20N2O5/c1-29-20-10-7-17-12-15(2-4-18(17)13-20)3-11-22(27)30-14-21(26)25-19-8-5-16(6-9-19)23(24)28/h2-13H,14H2,1H3,(H2,24,28)(H,25,26)/b11-3+. The average Bonchev–Trinajstić information content (AvgIpc) is 2.76. The first-order valence-electron chi connectivity index (χ1n) is 9.07. The number of nitrogens with one attached hydrogen (secondary N) is 1. The first kappa shape index (κ1) is 20.6. The van der Waals surface area contributed by atoms with Crippen molar-refractivity contribution in [2.75, 3.05) is 19.0 Å². The molecule has 7 heteroatoms. The summed E-state index contributed by atoms with van der Waals surface area (Å²) in [5.74, 6) is -0.913. The van der Waals surface area contributed by atoms with Crippen LogP contribution in [0.4, 0.5) is 5.69 Å². The van der Waals surface area contributed by atoms with Gasteiger partial charge in [-0.3, -0.25) is 9.59 Å². The van der Waals surface area contributed by atoms with Crippen molar-refractivity contribution < 1.29 is 23.9 Å². The number of primary amides is 1. The van der Waals surface area contributed by atoms with Gasteiger partial charge >= 0.3 is 5.97 Å². The smallest absolute Gasteiger partial charge is 0.331 e. The van der Waals surface area contributed by atoms with Gasteiger partial charge in [-0.1, -0.05) is 18.2 Å². The Morgan fingerprint density at radius 1 is 0.967 bits per heavy atom. The topological polar surface area (TPSA) is 108 Å². The van der Waals surface area contributed by atoms with Gasteiger partial charge in [0.15, 0.2) is 6.61 Å². The summed E-state index contributed by atoms with van der Waals surface area (Å²) in [6.45, 7) is -0.432. The van der Waals surface area contributed by atoms with Crippen molar-refractivity contribution in [2.45, 2.75) is 0 Å². The number of nitrogens with two attached hydrogens (primary N) is 1. The molecule has 2 amide bonds. The number of esters is 1. The van der Waals surface area contributed by atoms with Crippen LogP contribution in [0.15, 0.2) is 66.7 Å². The van der Waals surface area contributed by atoms with Gasteiger partial charge in [-0.25, -0.2) is 4.79 Å². The lowest BCUT2D eigenvalue weighted by Crippen LogP contribution is -2.20. The molecule has 0 unspecified atom stereocenters. The highest BCUT2D eigenvalue weighted by atomic mass is 16.5. The molecule has 0 heterocycles. The molecule has 30 heavy (non-hydrogen) atoms. The molecule has 0 aromatic heterocycles. The SMILES string of the molecule is COc1ccc2cc(/C=C/C(=O)OCC(=O)Nc3ccc(C(N)=O)cc3)ccc2c1. The number of hydrogen-bond donors (Lipinski definition) is 2. The van der Waals surface area contributed by atoms with Gasteiger partial charge in [0.1, 0.15) is 5.75 Å². The Morgan fingerprint density at radius 3 is 2.37 bits per heavy atom. The minimum absolute atomic E-state index is 0.331. The quantitative estimate of drug-likeness (QED) is 0.465. The van der Waals surface area contributed by atoms with Crippen molar-refractivity contribution in [3.63, 3.8) is 0 Å². The third-order valence-corrected chi connectivity index (χ3v) is 4.28. The predicted octanol–water partition coefficient (Wildman–Crippen LogP) is 3.14. The monoisotopic (exact) mass is 404 g/mol. The Hall–Kier alpha value is -4.13. The third kappa shape index (κ3) is 5.45. The first-order chi connectivity index (χ1) is 14.4. The van der Waals surface area contributed by atoms with E-state index in [2.05, 4.69) is 5.32 Å². The predicted molar refractivity (Wildman–Crippen MR) is 114 cm³/mol. The molecule has 0 spiro atoms. The van der Waals surface area contributed by atoms with E-state index in [9.17, 15) is 14.4 Å². The first-order valence-corrected chi connectivity index (χ1v) is 9.07. The fourth-order valence-corrected chi connectivity index (χ4v) is 2.74. The molecule has 0 aliphatic carbocycles. The molecule has 0 bridgehead atoms. The summed E-state index contributed by atoms with van der Waals surface area (Å²) in [5, 5.41) is 4.59. The van der Waals surface area contributed by atoms with Crippen LogP contribution in [0.1, 0.15) is 15.9 Å². The van der Waals surface area contributed by atoms with E-state index >= 15 is 0 Å². The number of fused-ring (bicyclic) bond motifs is 1. The van der Waals surface area contributed by atoms with Crippen molar-refractivity contribution in [1.29, 1.82) is 0 Å². The molecule has 7 nitrogen and oxygen atoms in total. The number of amides is 2. The number of carbonyl (C=O) groups excluding carboxylic acids is 3. The minimum Gasteiger partial charge on any atom is -0.497 e. The van der Waals surface area contributed by atoms with Crippen molar-refractivity contribution in [3.05, 3.63) is 77.9 Å². The van der Waals surface area contributed by atoms with Gasteiger partial charge in [-0.05, 0) is 64.9 Å². The van der Waals surface area contributed by atoms with E-state index in [0.717, 1.165) is 22.1 Å². The zero-order valence-electron chi connectivity index (χ0n) is 16.3. The summed E-state index contributed by atoms with van der Waals surface area (Å²) in [4.78, 5) is 34.8. The maximum Gasteiger partial charge on any atom is 0.331 e. The summed E-state index contributed by atoms with van der Waals surface area (Å²) in [5.41, 5.74) is 6.78. The van der Waals surface area contributed by atoms with Crippen molar-refractivity contribution in [1.82, 2.24) is 0 Å². The molecule has 0 saturated carbocycles. The molecular formula is C23H20N2O5. The maximum atomic E-state index is 11.9. The van der Waals surface area contributed by atoms with Crippen LogP contribution in [0.25, 0.3) is 16.8 Å². The summed E-state index contributed by atoms with van der Waals surface area (Å²) < 4.78 is 10.2. The minimum atomic E-state index is -0.635. The van der Waals surface area contributed by atoms with Gasteiger partial charge in [0, 0.05) is 17.3 Å². The number of hydrogen-bond acceptors (Lipinski definition) is 5. The van der Waals surface area contributed by atoms with Crippen LogP contribution in [0, 0.1) is 0 Å². The molecule has 3 rings (SSSR count). The highest BCUT2D eigenvalue weighted by molar-refractivity contribution is 5.96. The van der Waals surface area contributed by atoms with E-state index in [4.69, 9.17) is 15.2 Å². The van der Waals surface area contributed by atoms with E-state index in [1.54, 1.807) is 13.2 Å². The van der Waals surface area contributed by atoms with Crippen LogP contribution >= 0.6 is 0 Å². The lowest BCUT2D eigenvalue weighted by molar-refractivity contribution is -0.142. The third-order valence-electron chi connectivity index (χ3n) is 4.28. The molecule has 0 radical (unpaired) electrons. The molecule has 0 aliphatic rings. The van der Waals surface area contributed by atoms with Crippen LogP contribution < -0.4 is 15.8 Å². The Balaban J connectivity index is 1.52. The fraction of sp³-hybridized carbons (Fsp3) is 0.0870. The summed E-state index contributed by atoms with van der Waals surface area (Å²) in [6, 6.07) is 17.5. The van der Waals surface area contributed by atoms with Gasteiger partial charge < -0.3 is 20.5 Å². The molecule has 152 valence electrons. The lowest BCUT2D eigenvalue weighted by Gasteiger charge is -2.06. The highest BCUT2D eigenvalue weighted by Gasteiger charge is 2.07. The molecular weight excluding hydrogens is 384 g/mol. The Labute approximate surface area is 173 Å². The van der Waals surface area contributed by atoms with Crippen LogP contribution in [-0.2, 0) is 14.3 Å². The molecule has 3 N–H and O–H groups in total. The lowest BCUT2D eigenvalue weighted by atomic mass is 10.1. The summed E-state index contributed by atoms with van der Waals surface area (Å²) >= 11 is 0. The second-order valence-electron chi connectivity index (χ2n) is 6.40. The van der Waals surface area contributed by atoms with E-state index in [0.29, 0.717) is 11.3 Å². The Morgan fingerprint density at radius 2 is 1.67 bits per heavy atom. The number of carbonyl (C=O) groups is 3. The summed E-state index contributed by atoms with van der Waals surface area (Å²) in [7, 11) is 1.61. The highest BCUT2D eigenvalue weighted by Crippen LogP contribution is 2.22.